The molecule has 1 aliphatic heterocycles. The van der Waals surface area contributed by atoms with E-state index in [0.717, 1.165) is 11.1 Å². The second-order valence-electron chi connectivity index (χ2n) is 6.73. The van der Waals surface area contributed by atoms with Gasteiger partial charge in [-0.1, -0.05) is 60.7 Å². The zero-order chi connectivity index (χ0) is 19.4. The van der Waals surface area contributed by atoms with E-state index in [0.29, 0.717) is 13.2 Å². The molecular formula is C21H24N2O4. The van der Waals surface area contributed by atoms with Crippen LogP contribution in [0.2, 0.25) is 0 Å². The first-order valence-corrected chi connectivity index (χ1v) is 8.99. The van der Waals surface area contributed by atoms with Crippen LogP contribution in [0.4, 0.5) is 4.79 Å². The van der Waals surface area contributed by atoms with Crippen molar-refractivity contribution < 1.29 is 19.4 Å². The van der Waals surface area contributed by atoms with E-state index in [9.17, 15) is 14.7 Å². The lowest BCUT2D eigenvalue weighted by Gasteiger charge is -2.34. The molecule has 1 N–H and O–H groups in total. The van der Waals surface area contributed by atoms with Crippen LogP contribution in [0.5, 0.6) is 0 Å². The highest BCUT2D eigenvalue weighted by Crippen LogP contribution is 2.36. The number of carbonyl (C=O) groups excluding carboxylic acids is 1. The SMILES string of the molecule is CCO[C@@H]1N(Cc2ccccc2)C(=O)N(Cc2ccccc2)[C@@]1(C)C(=O)O. The van der Waals surface area contributed by atoms with Gasteiger partial charge < -0.3 is 9.84 Å². The topological polar surface area (TPSA) is 70.1 Å². The molecule has 1 aliphatic rings. The van der Waals surface area contributed by atoms with Crippen LogP contribution in [0.25, 0.3) is 0 Å². The van der Waals surface area contributed by atoms with Gasteiger partial charge in [-0.25, -0.2) is 9.59 Å². The lowest BCUT2D eigenvalue weighted by molar-refractivity contribution is -0.160. The standard InChI is InChI=1S/C21H24N2O4/c1-3-27-18-21(2,19(24)25)23(15-17-12-8-5-9-13-17)20(26)22(18)14-16-10-6-4-7-11-16/h4-13,18H,3,14-15H2,1-2H3,(H,24,25)/t18-,21+/m0/s1. The number of carbonyl (C=O) groups is 2. The van der Waals surface area contributed by atoms with E-state index in [2.05, 4.69) is 0 Å². The molecule has 0 saturated carbocycles. The molecule has 0 unspecified atom stereocenters. The predicted molar refractivity (Wildman–Crippen MR) is 101 cm³/mol. The van der Waals surface area contributed by atoms with Crippen molar-refractivity contribution in [1.29, 1.82) is 0 Å². The van der Waals surface area contributed by atoms with Gasteiger partial charge in [-0.2, -0.15) is 0 Å². The van der Waals surface area contributed by atoms with Crippen LogP contribution in [0.1, 0.15) is 25.0 Å². The third kappa shape index (κ3) is 3.53. The van der Waals surface area contributed by atoms with Crippen LogP contribution < -0.4 is 0 Å². The zero-order valence-corrected chi connectivity index (χ0v) is 15.5. The lowest BCUT2D eigenvalue weighted by atomic mass is 9.98. The number of urea groups is 1. The average molecular weight is 368 g/mol. The second kappa shape index (κ2) is 7.80. The summed E-state index contributed by atoms with van der Waals surface area (Å²) in [5.74, 6) is -1.08. The van der Waals surface area contributed by atoms with E-state index in [1.165, 1.54) is 9.80 Å². The van der Waals surface area contributed by atoms with Crippen molar-refractivity contribution in [2.45, 2.75) is 38.7 Å². The fourth-order valence-corrected chi connectivity index (χ4v) is 3.45. The normalized spacial score (nSPS) is 22.3. The number of aliphatic carboxylic acids is 1. The van der Waals surface area contributed by atoms with Crippen LogP contribution >= 0.6 is 0 Å². The molecule has 3 rings (SSSR count). The number of benzene rings is 2. The van der Waals surface area contributed by atoms with Crippen molar-refractivity contribution in [2.75, 3.05) is 6.61 Å². The van der Waals surface area contributed by atoms with Gasteiger partial charge in [0.25, 0.3) is 0 Å². The summed E-state index contributed by atoms with van der Waals surface area (Å²) in [5, 5.41) is 10.0. The molecule has 6 heteroatoms. The Balaban J connectivity index is 1.98. The smallest absolute Gasteiger partial charge is 0.334 e. The summed E-state index contributed by atoms with van der Waals surface area (Å²) in [7, 11) is 0. The minimum Gasteiger partial charge on any atom is -0.479 e. The van der Waals surface area contributed by atoms with Crippen LogP contribution in [0.15, 0.2) is 60.7 Å². The molecule has 0 aromatic heterocycles. The first kappa shape index (κ1) is 18.9. The van der Waals surface area contributed by atoms with Crippen molar-refractivity contribution in [3.63, 3.8) is 0 Å². The summed E-state index contributed by atoms with van der Waals surface area (Å²) in [6.07, 6.45) is -0.878. The molecule has 0 spiro atoms. The highest BCUT2D eigenvalue weighted by molar-refractivity contribution is 5.90. The van der Waals surface area contributed by atoms with E-state index in [-0.39, 0.29) is 12.6 Å². The largest absolute Gasteiger partial charge is 0.479 e. The van der Waals surface area contributed by atoms with E-state index < -0.39 is 17.7 Å². The van der Waals surface area contributed by atoms with Crippen LogP contribution in [-0.4, -0.2) is 45.3 Å². The summed E-state index contributed by atoms with van der Waals surface area (Å²) in [6.45, 7) is 4.16. The molecule has 2 amide bonds. The predicted octanol–water partition coefficient (Wildman–Crippen LogP) is 3.33. The molecule has 27 heavy (non-hydrogen) atoms. The fraction of sp³-hybridized carbons (Fsp3) is 0.333. The van der Waals surface area contributed by atoms with Gasteiger partial charge >= 0.3 is 12.0 Å². The van der Waals surface area contributed by atoms with Crippen molar-refractivity contribution in [2.24, 2.45) is 0 Å². The van der Waals surface area contributed by atoms with Gasteiger partial charge in [0.2, 0.25) is 0 Å². The number of carboxylic acids is 1. The molecule has 0 radical (unpaired) electrons. The third-order valence-corrected chi connectivity index (χ3v) is 4.94. The molecule has 2 aromatic rings. The van der Waals surface area contributed by atoms with Crippen molar-refractivity contribution in [3.05, 3.63) is 71.8 Å². The van der Waals surface area contributed by atoms with Crippen molar-refractivity contribution >= 4 is 12.0 Å². The number of carboxylic acid groups (broad SMARTS) is 1. The Morgan fingerprint density at radius 3 is 2.04 bits per heavy atom. The van der Waals surface area contributed by atoms with E-state index in [1.807, 2.05) is 60.7 Å². The summed E-state index contributed by atoms with van der Waals surface area (Å²) >= 11 is 0. The molecule has 0 aliphatic carbocycles. The number of rotatable bonds is 7. The zero-order valence-electron chi connectivity index (χ0n) is 15.5. The molecule has 0 bridgehead atoms. The van der Waals surface area contributed by atoms with Gasteiger partial charge in [0, 0.05) is 13.2 Å². The summed E-state index contributed by atoms with van der Waals surface area (Å²) < 4.78 is 5.79. The molecular weight excluding hydrogens is 344 g/mol. The number of nitrogens with zero attached hydrogens (tertiary/aromatic N) is 2. The summed E-state index contributed by atoms with van der Waals surface area (Å²) in [4.78, 5) is 28.4. The summed E-state index contributed by atoms with van der Waals surface area (Å²) in [6, 6.07) is 18.6. The highest BCUT2D eigenvalue weighted by atomic mass is 16.5. The van der Waals surface area contributed by atoms with Gasteiger partial charge in [0.05, 0.1) is 6.54 Å². The molecule has 142 valence electrons. The van der Waals surface area contributed by atoms with Gasteiger partial charge in [-0.15, -0.1) is 0 Å². The minimum atomic E-state index is -1.49. The van der Waals surface area contributed by atoms with Crippen LogP contribution in [0.3, 0.4) is 0 Å². The lowest BCUT2D eigenvalue weighted by Crippen LogP contribution is -2.56. The number of hydrogen-bond donors (Lipinski definition) is 1. The van der Waals surface area contributed by atoms with Crippen molar-refractivity contribution in [1.82, 2.24) is 9.80 Å². The van der Waals surface area contributed by atoms with E-state index >= 15 is 0 Å². The molecule has 2 aromatic carbocycles. The maximum atomic E-state index is 13.2. The minimum absolute atomic E-state index is 0.206. The Morgan fingerprint density at radius 1 is 1.04 bits per heavy atom. The quantitative estimate of drug-likeness (QED) is 0.814. The Hall–Kier alpha value is -2.86. The van der Waals surface area contributed by atoms with Gasteiger partial charge in [0.15, 0.2) is 11.8 Å². The maximum Gasteiger partial charge on any atom is 0.334 e. The number of ether oxygens (including phenoxy) is 1. The fourth-order valence-electron chi connectivity index (χ4n) is 3.45. The second-order valence-corrected chi connectivity index (χ2v) is 6.73. The van der Waals surface area contributed by atoms with Crippen LogP contribution in [0, 0.1) is 0 Å². The molecule has 1 fully saturated rings. The average Bonchev–Trinajstić information content (AvgIpc) is 2.87. The van der Waals surface area contributed by atoms with Crippen LogP contribution in [-0.2, 0) is 22.6 Å². The van der Waals surface area contributed by atoms with Crippen molar-refractivity contribution in [3.8, 4) is 0 Å². The number of hydrogen-bond acceptors (Lipinski definition) is 3. The molecule has 6 nitrogen and oxygen atoms in total. The highest BCUT2D eigenvalue weighted by Gasteiger charge is 2.60. The van der Waals surface area contributed by atoms with Gasteiger partial charge in [-0.05, 0) is 25.0 Å². The molecule has 1 saturated heterocycles. The molecule has 1 heterocycles. The molecule has 2 atom stereocenters. The Labute approximate surface area is 159 Å². The van der Waals surface area contributed by atoms with Gasteiger partial charge in [0.1, 0.15) is 0 Å². The maximum absolute atomic E-state index is 13.2. The Bertz CT molecular complexity index is 796. The first-order valence-electron chi connectivity index (χ1n) is 8.99. The van der Waals surface area contributed by atoms with E-state index in [4.69, 9.17) is 4.74 Å². The van der Waals surface area contributed by atoms with Gasteiger partial charge in [-0.3, -0.25) is 9.80 Å². The third-order valence-electron chi connectivity index (χ3n) is 4.94. The Kier molecular flexibility index (Phi) is 5.46. The Morgan fingerprint density at radius 2 is 1.56 bits per heavy atom. The number of amides is 2. The first-order chi connectivity index (χ1) is 13.0. The monoisotopic (exact) mass is 368 g/mol. The van der Waals surface area contributed by atoms with E-state index in [1.54, 1.807) is 13.8 Å². The summed E-state index contributed by atoms with van der Waals surface area (Å²) in [5.41, 5.74) is 0.303.